The smallest absolute Gasteiger partial charge is 0.274 e. The van der Waals surface area contributed by atoms with Gasteiger partial charge < -0.3 is 15.5 Å². The van der Waals surface area contributed by atoms with Crippen molar-refractivity contribution in [1.29, 1.82) is 0 Å². The summed E-state index contributed by atoms with van der Waals surface area (Å²) in [7, 11) is 5.06. The number of likely N-dealkylation sites (N-methyl/N-ethyl adjacent to an activating group) is 1. The molecule has 2 amide bonds. The van der Waals surface area contributed by atoms with E-state index in [9.17, 15) is 9.59 Å². The monoisotopic (exact) mass is 265 g/mol. The van der Waals surface area contributed by atoms with Crippen LogP contribution in [0.5, 0.6) is 0 Å². The van der Waals surface area contributed by atoms with Crippen LogP contribution in [0, 0.1) is 0 Å². The molecule has 7 nitrogen and oxygen atoms in total. The van der Waals surface area contributed by atoms with E-state index in [4.69, 9.17) is 5.73 Å². The first-order valence-electron chi connectivity index (χ1n) is 6.23. The van der Waals surface area contributed by atoms with Crippen LogP contribution in [0.3, 0.4) is 0 Å². The lowest BCUT2D eigenvalue weighted by Crippen LogP contribution is -2.46. The first-order valence-corrected chi connectivity index (χ1v) is 6.23. The van der Waals surface area contributed by atoms with Crippen molar-refractivity contribution in [1.82, 2.24) is 19.6 Å². The molecule has 0 radical (unpaired) electrons. The molecular weight excluding hydrogens is 246 g/mol. The maximum Gasteiger partial charge on any atom is 0.274 e. The second kappa shape index (κ2) is 4.91. The first-order chi connectivity index (χ1) is 8.93. The third kappa shape index (κ3) is 2.27. The molecule has 1 saturated heterocycles. The highest BCUT2D eigenvalue weighted by atomic mass is 16.2. The van der Waals surface area contributed by atoms with Crippen molar-refractivity contribution in [3.05, 3.63) is 11.9 Å². The van der Waals surface area contributed by atoms with Gasteiger partial charge >= 0.3 is 0 Å². The van der Waals surface area contributed by atoms with Gasteiger partial charge in [0.15, 0.2) is 0 Å². The average Bonchev–Trinajstić information content (AvgIpc) is 2.95. The summed E-state index contributed by atoms with van der Waals surface area (Å²) in [5, 5.41) is 3.96. The number of nitrogens with zero attached hydrogens (tertiary/aromatic N) is 4. The van der Waals surface area contributed by atoms with Gasteiger partial charge in [-0.15, -0.1) is 0 Å². The van der Waals surface area contributed by atoms with E-state index in [-0.39, 0.29) is 11.8 Å². The highest BCUT2D eigenvalue weighted by Crippen LogP contribution is 2.23. The lowest BCUT2D eigenvalue weighted by atomic mass is 10.2. The first kappa shape index (κ1) is 13.4. The molecule has 2 N–H and O–H groups in total. The predicted octanol–water partition coefficient (Wildman–Crippen LogP) is -0.305. The second-order valence-corrected chi connectivity index (χ2v) is 4.96. The van der Waals surface area contributed by atoms with Gasteiger partial charge in [-0.25, -0.2) is 0 Å². The largest absolute Gasteiger partial charge is 0.396 e. The Balaban J connectivity index is 2.26. The highest BCUT2D eigenvalue weighted by molar-refractivity contribution is 6.00. The quantitative estimate of drug-likeness (QED) is 0.795. The van der Waals surface area contributed by atoms with Gasteiger partial charge in [-0.05, 0) is 12.8 Å². The third-order valence-corrected chi connectivity index (χ3v) is 3.41. The van der Waals surface area contributed by atoms with E-state index in [2.05, 4.69) is 5.10 Å². The fourth-order valence-corrected chi connectivity index (χ4v) is 2.42. The minimum Gasteiger partial charge on any atom is -0.396 e. The number of aryl methyl sites for hydroxylation is 1. The molecule has 1 fully saturated rings. The van der Waals surface area contributed by atoms with Crippen LogP contribution in [0.15, 0.2) is 6.20 Å². The molecule has 1 aliphatic heterocycles. The lowest BCUT2D eigenvalue weighted by molar-refractivity contribution is -0.132. The van der Waals surface area contributed by atoms with Crippen molar-refractivity contribution < 1.29 is 9.59 Å². The number of nitrogens with two attached hydrogens (primary N) is 1. The van der Waals surface area contributed by atoms with E-state index in [0.29, 0.717) is 24.3 Å². The molecule has 1 aromatic rings. The number of anilines is 1. The highest BCUT2D eigenvalue weighted by Gasteiger charge is 2.36. The van der Waals surface area contributed by atoms with Gasteiger partial charge in [-0.1, -0.05) is 0 Å². The van der Waals surface area contributed by atoms with Crippen LogP contribution < -0.4 is 5.73 Å². The van der Waals surface area contributed by atoms with Gasteiger partial charge in [0.1, 0.15) is 11.7 Å². The zero-order chi connectivity index (χ0) is 14.2. The maximum absolute atomic E-state index is 12.5. The Morgan fingerprint density at radius 2 is 2.16 bits per heavy atom. The van der Waals surface area contributed by atoms with Gasteiger partial charge in [0.05, 0.1) is 11.9 Å². The van der Waals surface area contributed by atoms with Gasteiger partial charge in [-0.3, -0.25) is 14.3 Å². The third-order valence-electron chi connectivity index (χ3n) is 3.41. The van der Waals surface area contributed by atoms with Gasteiger partial charge in [0.2, 0.25) is 5.91 Å². The molecule has 2 rings (SSSR count). The molecule has 2 heterocycles. The molecule has 7 heteroatoms. The minimum atomic E-state index is -0.392. The summed E-state index contributed by atoms with van der Waals surface area (Å²) in [5.41, 5.74) is 6.45. The number of aromatic nitrogens is 2. The molecule has 1 aromatic heterocycles. The molecule has 0 aliphatic carbocycles. The van der Waals surface area contributed by atoms with Crippen molar-refractivity contribution >= 4 is 17.5 Å². The summed E-state index contributed by atoms with van der Waals surface area (Å²) in [4.78, 5) is 27.7. The summed E-state index contributed by atoms with van der Waals surface area (Å²) < 4.78 is 1.45. The lowest BCUT2D eigenvalue weighted by Gasteiger charge is -2.26. The second-order valence-electron chi connectivity index (χ2n) is 4.96. The molecule has 0 aromatic carbocycles. The Hall–Kier alpha value is -2.05. The molecule has 1 atom stereocenters. The number of likely N-dealkylation sites (tertiary alicyclic amines) is 1. The van der Waals surface area contributed by atoms with E-state index in [1.54, 1.807) is 26.0 Å². The number of carbonyl (C=O) groups excluding carboxylic acids is 2. The fraction of sp³-hybridized carbons (Fsp3) is 0.583. The molecule has 19 heavy (non-hydrogen) atoms. The molecule has 104 valence electrons. The summed E-state index contributed by atoms with van der Waals surface area (Å²) >= 11 is 0. The predicted molar refractivity (Wildman–Crippen MR) is 70.4 cm³/mol. The van der Waals surface area contributed by atoms with Crippen molar-refractivity contribution in [3.63, 3.8) is 0 Å². The van der Waals surface area contributed by atoms with Crippen LogP contribution in [-0.4, -0.2) is 58.1 Å². The van der Waals surface area contributed by atoms with E-state index in [1.807, 2.05) is 0 Å². The molecule has 0 saturated carbocycles. The van der Waals surface area contributed by atoms with Crippen LogP contribution >= 0.6 is 0 Å². The van der Waals surface area contributed by atoms with Crippen molar-refractivity contribution in [2.75, 3.05) is 26.4 Å². The zero-order valence-electron chi connectivity index (χ0n) is 11.5. The van der Waals surface area contributed by atoms with E-state index in [1.165, 1.54) is 15.8 Å². The molecule has 0 bridgehead atoms. The Morgan fingerprint density at radius 1 is 1.47 bits per heavy atom. The summed E-state index contributed by atoms with van der Waals surface area (Å²) in [6, 6.07) is -0.392. The van der Waals surface area contributed by atoms with Crippen LogP contribution in [0.4, 0.5) is 5.69 Å². The van der Waals surface area contributed by atoms with Crippen molar-refractivity contribution in [2.45, 2.75) is 18.9 Å². The molecule has 1 unspecified atom stereocenters. The van der Waals surface area contributed by atoms with E-state index in [0.717, 1.165) is 6.42 Å². The van der Waals surface area contributed by atoms with Crippen molar-refractivity contribution in [3.8, 4) is 0 Å². The number of hydrogen-bond donors (Lipinski definition) is 1. The number of amides is 2. The maximum atomic E-state index is 12.5. The average molecular weight is 265 g/mol. The Morgan fingerprint density at radius 3 is 2.68 bits per heavy atom. The van der Waals surface area contributed by atoms with Gasteiger partial charge in [0.25, 0.3) is 5.91 Å². The minimum absolute atomic E-state index is 0.0495. The molecule has 1 aliphatic rings. The van der Waals surface area contributed by atoms with Crippen LogP contribution in [-0.2, 0) is 11.8 Å². The fourth-order valence-electron chi connectivity index (χ4n) is 2.42. The summed E-state index contributed by atoms with van der Waals surface area (Å²) in [6.45, 7) is 0.577. The topological polar surface area (TPSA) is 84.5 Å². The normalized spacial score (nSPS) is 18.7. The van der Waals surface area contributed by atoms with Crippen LogP contribution in [0.2, 0.25) is 0 Å². The van der Waals surface area contributed by atoms with Gasteiger partial charge in [0, 0.05) is 27.7 Å². The van der Waals surface area contributed by atoms with Crippen molar-refractivity contribution in [2.24, 2.45) is 7.05 Å². The van der Waals surface area contributed by atoms with E-state index < -0.39 is 6.04 Å². The summed E-state index contributed by atoms with van der Waals surface area (Å²) in [6.07, 6.45) is 2.97. The van der Waals surface area contributed by atoms with Gasteiger partial charge in [-0.2, -0.15) is 5.10 Å². The van der Waals surface area contributed by atoms with Crippen LogP contribution in [0.1, 0.15) is 23.3 Å². The van der Waals surface area contributed by atoms with E-state index >= 15 is 0 Å². The SMILES string of the molecule is CN(C)C(=O)C1CCCN1C(=O)c1c(N)cnn1C. The standard InChI is InChI=1S/C12H19N5O2/c1-15(2)11(18)9-5-4-6-17(9)12(19)10-8(13)7-14-16(10)3/h7,9H,4-6,13H2,1-3H3. The Bertz CT molecular complexity index is 489. The number of hydrogen-bond acceptors (Lipinski definition) is 4. The van der Waals surface area contributed by atoms with Crippen LogP contribution in [0.25, 0.3) is 0 Å². The Labute approximate surface area is 111 Å². The summed E-state index contributed by atoms with van der Waals surface area (Å²) in [5.74, 6) is -0.276. The number of nitrogen functional groups attached to an aromatic ring is 1. The zero-order valence-corrected chi connectivity index (χ0v) is 11.5. The molecular formula is C12H19N5O2. The number of rotatable bonds is 2. The number of carbonyl (C=O) groups is 2. The Kier molecular flexibility index (Phi) is 3.46. The molecule has 0 spiro atoms.